The highest BCUT2D eigenvalue weighted by atomic mass is 79.9. The van der Waals surface area contributed by atoms with Gasteiger partial charge in [-0.3, -0.25) is 4.79 Å². The minimum absolute atomic E-state index is 0.0182. The monoisotopic (exact) mass is 318 g/mol. The highest BCUT2D eigenvalue weighted by Crippen LogP contribution is 2.31. The molecule has 2 amide bonds. The second-order valence-corrected chi connectivity index (χ2v) is 5.86. The first-order chi connectivity index (χ1) is 8.43. The van der Waals surface area contributed by atoms with Gasteiger partial charge in [0.05, 0.1) is 18.5 Å². The van der Waals surface area contributed by atoms with Crippen LogP contribution in [0, 0.1) is 0 Å². The van der Waals surface area contributed by atoms with Gasteiger partial charge in [-0.2, -0.15) is 0 Å². The third-order valence-corrected chi connectivity index (χ3v) is 3.40. The van der Waals surface area contributed by atoms with Crippen LogP contribution >= 0.6 is 15.9 Å². The average Bonchev–Trinajstić information content (AvgIpc) is 2.26. The van der Waals surface area contributed by atoms with Crippen molar-refractivity contribution in [3.8, 4) is 0 Å². The molecule has 0 aliphatic heterocycles. The third kappa shape index (κ3) is 5.08. The Bertz CT molecular complexity index is 338. The molecule has 0 aromatic carbocycles. The van der Waals surface area contributed by atoms with Crippen molar-refractivity contribution >= 4 is 27.9 Å². The van der Waals surface area contributed by atoms with Gasteiger partial charge < -0.3 is 15.7 Å². The summed E-state index contributed by atoms with van der Waals surface area (Å²) in [5, 5.41) is 14.4. The predicted molar refractivity (Wildman–Crippen MR) is 72.7 cm³/mol. The van der Waals surface area contributed by atoms with Crippen molar-refractivity contribution in [1.29, 1.82) is 0 Å². The Labute approximate surface area is 115 Å². The Morgan fingerprint density at radius 3 is 2.39 bits per heavy atom. The number of carboxylic acids is 1. The van der Waals surface area contributed by atoms with E-state index in [1.165, 1.54) is 0 Å². The van der Waals surface area contributed by atoms with Crippen molar-refractivity contribution in [3.05, 3.63) is 11.1 Å². The second kappa shape index (κ2) is 6.78. The second-order valence-electron chi connectivity index (χ2n) is 4.74. The number of hydrogen-bond donors (Lipinski definition) is 3. The molecule has 0 heterocycles. The third-order valence-electron chi connectivity index (χ3n) is 3.12. The molecule has 0 aromatic rings. The van der Waals surface area contributed by atoms with Gasteiger partial charge in [0.15, 0.2) is 0 Å². The van der Waals surface area contributed by atoms with Crippen LogP contribution in [0.5, 0.6) is 0 Å². The van der Waals surface area contributed by atoms with E-state index >= 15 is 0 Å². The molecular formula is C12H19BrN2O3. The molecule has 6 heteroatoms. The van der Waals surface area contributed by atoms with Crippen molar-refractivity contribution in [2.24, 2.45) is 0 Å². The molecule has 0 bridgehead atoms. The van der Waals surface area contributed by atoms with Crippen molar-refractivity contribution in [2.45, 2.75) is 44.1 Å². The molecule has 3 N–H and O–H groups in total. The zero-order chi connectivity index (χ0) is 13.6. The highest BCUT2D eigenvalue weighted by molar-refractivity contribution is 9.11. The van der Waals surface area contributed by atoms with Crippen LogP contribution in [0.4, 0.5) is 4.79 Å². The molecule has 0 aromatic heterocycles. The number of halogens is 1. The van der Waals surface area contributed by atoms with Gasteiger partial charge in [0.2, 0.25) is 0 Å². The quantitative estimate of drug-likeness (QED) is 0.728. The number of carbonyl (C=O) groups excluding carboxylic acids is 1. The minimum atomic E-state index is -0.873. The maximum absolute atomic E-state index is 11.7. The van der Waals surface area contributed by atoms with Crippen LogP contribution in [-0.4, -0.2) is 29.2 Å². The summed E-state index contributed by atoms with van der Waals surface area (Å²) in [6.07, 6.45) is 4.44. The summed E-state index contributed by atoms with van der Waals surface area (Å²) in [6, 6.07) is -0.334. The van der Waals surface area contributed by atoms with Crippen LogP contribution in [-0.2, 0) is 4.79 Å². The van der Waals surface area contributed by atoms with E-state index in [9.17, 15) is 9.59 Å². The van der Waals surface area contributed by atoms with E-state index in [0.717, 1.165) is 32.1 Å². The first-order valence-corrected chi connectivity index (χ1v) is 6.84. The Kier molecular flexibility index (Phi) is 5.65. The average molecular weight is 319 g/mol. The normalized spacial score (nSPS) is 17.8. The number of carbonyl (C=O) groups is 2. The van der Waals surface area contributed by atoms with Crippen molar-refractivity contribution in [1.82, 2.24) is 10.6 Å². The number of rotatable bonds is 5. The van der Waals surface area contributed by atoms with E-state index in [-0.39, 0.29) is 12.5 Å². The fraction of sp³-hybridized carbons (Fsp3) is 0.667. The maximum atomic E-state index is 11.7. The molecule has 5 nitrogen and oxygen atoms in total. The number of amides is 2. The van der Waals surface area contributed by atoms with Gasteiger partial charge in [0.25, 0.3) is 0 Å². The van der Waals surface area contributed by atoms with Gasteiger partial charge in [-0.1, -0.05) is 41.8 Å². The van der Waals surface area contributed by atoms with Crippen LogP contribution < -0.4 is 10.6 Å². The van der Waals surface area contributed by atoms with E-state index in [1.54, 1.807) is 0 Å². The molecule has 0 radical (unpaired) electrons. The molecule has 1 fully saturated rings. The van der Waals surface area contributed by atoms with Gasteiger partial charge in [-0.05, 0) is 12.8 Å². The molecule has 1 aliphatic rings. The van der Waals surface area contributed by atoms with Crippen molar-refractivity contribution in [3.63, 3.8) is 0 Å². The molecule has 0 atom stereocenters. The number of urea groups is 1. The minimum Gasteiger partial charge on any atom is -0.481 e. The lowest BCUT2D eigenvalue weighted by atomic mass is 9.79. The van der Waals surface area contributed by atoms with Crippen LogP contribution in [0.15, 0.2) is 11.1 Å². The van der Waals surface area contributed by atoms with Crippen molar-refractivity contribution in [2.75, 3.05) is 6.54 Å². The van der Waals surface area contributed by atoms with Gasteiger partial charge in [0, 0.05) is 4.48 Å². The maximum Gasteiger partial charge on any atom is 0.315 e. The zero-order valence-electron chi connectivity index (χ0n) is 10.3. The van der Waals surface area contributed by atoms with Gasteiger partial charge in [-0.25, -0.2) is 4.79 Å². The molecule has 0 unspecified atom stereocenters. The molecule has 18 heavy (non-hydrogen) atoms. The first-order valence-electron chi connectivity index (χ1n) is 6.05. The molecular weight excluding hydrogens is 300 g/mol. The molecule has 0 saturated heterocycles. The van der Waals surface area contributed by atoms with Crippen LogP contribution in [0.25, 0.3) is 0 Å². The Morgan fingerprint density at radius 1 is 1.28 bits per heavy atom. The number of hydrogen-bond acceptors (Lipinski definition) is 2. The Hall–Kier alpha value is -1.04. The lowest BCUT2D eigenvalue weighted by Gasteiger charge is -2.36. The largest absolute Gasteiger partial charge is 0.481 e. The molecule has 0 spiro atoms. The summed E-state index contributed by atoms with van der Waals surface area (Å²) in [7, 11) is 0. The molecule has 102 valence electrons. The fourth-order valence-corrected chi connectivity index (χ4v) is 2.47. The lowest BCUT2D eigenvalue weighted by molar-refractivity contribution is -0.139. The number of aliphatic carboxylic acids is 1. The molecule has 1 rings (SSSR count). The molecule has 1 aliphatic carbocycles. The Balaban J connectivity index is 2.57. The molecule has 1 saturated carbocycles. The van der Waals surface area contributed by atoms with E-state index < -0.39 is 11.5 Å². The summed E-state index contributed by atoms with van der Waals surface area (Å²) in [4.78, 5) is 22.7. The van der Waals surface area contributed by atoms with E-state index in [4.69, 9.17) is 5.11 Å². The van der Waals surface area contributed by atoms with Gasteiger partial charge >= 0.3 is 12.0 Å². The summed E-state index contributed by atoms with van der Waals surface area (Å²) in [5.41, 5.74) is -0.595. The van der Waals surface area contributed by atoms with Gasteiger partial charge in [0.1, 0.15) is 0 Å². The summed E-state index contributed by atoms with van der Waals surface area (Å²) < 4.78 is 0.675. The SMILES string of the molecule is C=C(Br)CNC(=O)NC1(CC(=O)O)CCCCC1. The van der Waals surface area contributed by atoms with Crippen LogP contribution in [0.2, 0.25) is 0 Å². The highest BCUT2D eigenvalue weighted by Gasteiger charge is 2.35. The fourth-order valence-electron chi connectivity index (χ4n) is 2.33. The Morgan fingerprint density at radius 2 is 1.89 bits per heavy atom. The number of nitrogens with one attached hydrogen (secondary N) is 2. The lowest BCUT2D eigenvalue weighted by Crippen LogP contribution is -2.54. The smallest absolute Gasteiger partial charge is 0.315 e. The summed E-state index contributed by atoms with van der Waals surface area (Å²) in [6.45, 7) is 3.95. The summed E-state index contributed by atoms with van der Waals surface area (Å²) >= 11 is 3.15. The van der Waals surface area contributed by atoms with E-state index in [0.29, 0.717) is 11.0 Å². The predicted octanol–water partition coefficient (Wildman–Crippen LogP) is 2.37. The van der Waals surface area contributed by atoms with Gasteiger partial charge in [-0.15, -0.1) is 0 Å². The van der Waals surface area contributed by atoms with E-state index in [1.807, 2.05) is 0 Å². The summed E-state index contributed by atoms with van der Waals surface area (Å²) in [5.74, 6) is -0.873. The van der Waals surface area contributed by atoms with Crippen molar-refractivity contribution < 1.29 is 14.7 Å². The topological polar surface area (TPSA) is 78.4 Å². The van der Waals surface area contributed by atoms with E-state index in [2.05, 4.69) is 33.1 Å². The van der Waals surface area contributed by atoms with Crippen LogP contribution in [0.1, 0.15) is 38.5 Å². The van der Waals surface area contributed by atoms with Crippen LogP contribution in [0.3, 0.4) is 0 Å². The zero-order valence-corrected chi connectivity index (χ0v) is 11.9. The standard InChI is InChI=1S/C12H19BrN2O3/c1-9(13)8-14-11(18)15-12(7-10(16)17)5-3-2-4-6-12/h1-8H2,(H,16,17)(H2,14,15,18). The number of carboxylic acid groups (broad SMARTS) is 1. The first kappa shape index (κ1) is 15.0.